The second-order valence-electron chi connectivity index (χ2n) is 3.96. The fourth-order valence-corrected chi connectivity index (χ4v) is 2.47. The first-order valence-corrected chi connectivity index (χ1v) is 8.04. The number of hydrogen-bond acceptors (Lipinski definition) is 3. The van der Waals surface area contributed by atoms with Crippen LogP contribution in [-0.2, 0) is 15.7 Å². The monoisotopic (exact) mass is 295 g/mol. The van der Waals surface area contributed by atoms with Crippen LogP contribution < -0.4 is 4.90 Å². The molecule has 0 radical (unpaired) electrons. The number of benzene rings is 1. The standard InChI is InChI=1S/C11H15Cl2NO2S/c1-14(5-6-17(2,15)16)11-4-3-10(13)7-9(11)8-12/h3-4,7H,5-6,8H2,1-2H3. The number of hydrogen-bond donors (Lipinski definition) is 0. The maximum absolute atomic E-state index is 11.1. The van der Waals surface area contributed by atoms with E-state index in [4.69, 9.17) is 23.2 Å². The van der Waals surface area contributed by atoms with E-state index >= 15 is 0 Å². The molecule has 0 fully saturated rings. The van der Waals surface area contributed by atoms with Gasteiger partial charge < -0.3 is 4.90 Å². The fraction of sp³-hybridized carbons (Fsp3) is 0.455. The van der Waals surface area contributed by atoms with Gasteiger partial charge >= 0.3 is 0 Å². The molecule has 3 nitrogen and oxygen atoms in total. The molecule has 0 atom stereocenters. The van der Waals surface area contributed by atoms with E-state index in [1.807, 2.05) is 18.0 Å². The summed E-state index contributed by atoms with van der Waals surface area (Å²) in [5, 5.41) is 0.626. The molecule has 0 saturated heterocycles. The third kappa shape index (κ3) is 4.74. The maximum atomic E-state index is 11.1. The van der Waals surface area contributed by atoms with Gasteiger partial charge in [-0.1, -0.05) is 11.6 Å². The predicted molar refractivity (Wildman–Crippen MR) is 74.0 cm³/mol. The van der Waals surface area contributed by atoms with Crippen LogP contribution in [-0.4, -0.2) is 34.0 Å². The van der Waals surface area contributed by atoms with E-state index in [1.165, 1.54) is 6.26 Å². The molecule has 6 heteroatoms. The minimum Gasteiger partial charge on any atom is -0.373 e. The van der Waals surface area contributed by atoms with Gasteiger partial charge in [-0.3, -0.25) is 0 Å². The average Bonchev–Trinajstić information content (AvgIpc) is 2.24. The molecule has 1 rings (SSSR count). The molecule has 0 N–H and O–H groups in total. The van der Waals surface area contributed by atoms with Crippen molar-refractivity contribution in [3.8, 4) is 0 Å². The molecule has 0 aliphatic rings. The van der Waals surface area contributed by atoms with E-state index in [-0.39, 0.29) is 5.75 Å². The minimum atomic E-state index is -2.96. The fourth-order valence-electron chi connectivity index (χ4n) is 1.46. The summed E-state index contributed by atoms with van der Waals surface area (Å²) in [6, 6.07) is 5.41. The summed E-state index contributed by atoms with van der Waals surface area (Å²) in [6.07, 6.45) is 1.23. The van der Waals surface area contributed by atoms with E-state index in [1.54, 1.807) is 12.1 Å². The SMILES string of the molecule is CN(CCS(C)(=O)=O)c1ccc(Cl)cc1CCl. The second kappa shape index (κ2) is 5.94. The van der Waals surface area contributed by atoms with Crippen molar-refractivity contribution < 1.29 is 8.42 Å². The number of alkyl halides is 1. The third-order valence-corrected chi connectivity index (χ3v) is 3.84. The van der Waals surface area contributed by atoms with Crippen molar-refractivity contribution in [1.29, 1.82) is 0 Å². The summed E-state index contributed by atoms with van der Waals surface area (Å²) in [7, 11) is -1.12. The summed E-state index contributed by atoms with van der Waals surface area (Å²) in [5.41, 5.74) is 1.81. The van der Waals surface area contributed by atoms with E-state index < -0.39 is 9.84 Å². The smallest absolute Gasteiger partial charge is 0.149 e. The number of rotatable bonds is 5. The molecule has 1 aromatic carbocycles. The minimum absolute atomic E-state index is 0.119. The van der Waals surface area contributed by atoms with Crippen LogP contribution >= 0.6 is 23.2 Å². The lowest BCUT2D eigenvalue weighted by atomic mass is 10.2. The van der Waals surface area contributed by atoms with Gasteiger partial charge in [-0.25, -0.2) is 8.42 Å². The van der Waals surface area contributed by atoms with Crippen LogP contribution in [0.15, 0.2) is 18.2 Å². The molecular weight excluding hydrogens is 281 g/mol. The molecule has 17 heavy (non-hydrogen) atoms. The summed E-state index contributed by atoms with van der Waals surface area (Å²) >= 11 is 11.7. The molecule has 0 heterocycles. The van der Waals surface area contributed by atoms with E-state index in [0.29, 0.717) is 17.4 Å². The van der Waals surface area contributed by atoms with Gasteiger partial charge in [-0.15, -0.1) is 11.6 Å². The molecule has 96 valence electrons. The van der Waals surface area contributed by atoms with Crippen LogP contribution in [0.2, 0.25) is 5.02 Å². The van der Waals surface area contributed by atoms with Gasteiger partial charge in [0.15, 0.2) is 0 Å². The molecule has 0 bridgehead atoms. The van der Waals surface area contributed by atoms with Crippen LogP contribution in [0.3, 0.4) is 0 Å². The summed E-state index contributed by atoms with van der Waals surface area (Å²) in [6.45, 7) is 0.435. The zero-order chi connectivity index (χ0) is 13.1. The summed E-state index contributed by atoms with van der Waals surface area (Å²) < 4.78 is 22.2. The Labute approximate surface area is 112 Å². The predicted octanol–water partition coefficient (Wildman–Crippen LogP) is 2.56. The van der Waals surface area contributed by atoms with Crippen LogP contribution in [0.5, 0.6) is 0 Å². The Balaban J connectivity index is 2.85. The molecule has 0 amide bonds. The van der Waals surface area contributed by atoms with Crippen LogP contribution in [0.4, 0.5) is 5.69 Å². The van der Waals surface area contributed by atoms with Crippen molar-refractivity contribution in [3.05, 3.63) is 28.8 Å². The lowest BCUT2D eigenvalue weighted by Gasteiger charge is -2.21. The van der Waals surface area contributed by atoms with Gasteiger partial charge in [0.1, 0.15) is 9.84 Å². The highest BCUT2D eigenvalue weighted by molar-refractivity contribution is 7.90. The Bertz CT molecular complexity index is 488. The molecule has 0 spiro atoms. The van der Waals surface area contributed by atoms with Gasteiger partial charge in [0.2, 0.25) is 0 Å². The topological polar surface area (TPSA) is 37.4 Å². The summed E-state index contributed by atoms with van der Waals surface area (Å²) in [4.78, 5) is 1.87. The third-order valence-electron chi connectivity index (χ3n) is 2.39. The molecule has 0 unspecified atom stereocenters. The Morgan fingerprint density at radius 2 is 2.00 bits per heavy atom. The zero-order valence-electron chi connectivity index (χ0n) is 9.78. The molecular formula is C11H15Cl2NO2S. The Morgan fingerprint density at radius 1 is 1.35 bits per heavy atom. The van der Waals surface area contributed by atoms with Crippen molar-refractivity contribution in [1.82, 2.24) is 0 Å². The maximum Gasteiger partial charge on any atom is 0.149 e. The average molecular weight is 296 g/mol. The summed E-state index contributed by atoms with van der Waals surface area (Å²) in [5.74, 6) is 0.465. The first-order chi connectivity index (χ1) is 7.83. The van der Waals surface area contributed by atoms with Crippen molar-refractivity contribution in [2.75, 3.05) is 30.5 Å². The van der Waals surface area contributed by atoms with Gasteiger partial charge in [0.25, 0.3) is 0 Å². The van der Waals surface area contributed by atoms with Gasteiger partial charge in [0.05, 0.1) is 5.75 Å². The lowest BCUT2D eigenvalue weighted by Crippen LogP contribution is -2.25. The normalized spacial score (nSPS) is 11.5. The highest BCUT2D eigenvalue weighted by Crippen LogP contribution is 2.24. The molecule has 0 aliphatic carbocycles. The van der Waals surface area contributed by atoms with Gasteiger partial charge in [-0.05, 0) is 23.8 Å². The number of nitrogens with zero attached hydrogens (tertiary/aromatic N) is 1. The van der Waals surface area contributed by atoms with Crippen molar-refractivity contribution >= 4 is 38.7 Å². The zero-order valence-corrected chi connectivity index (χ0v) is 12.1. The molecule has 0 aromatic heterocycles. The largest absolute Gasteiger partial charge is 0.373 e. The second-order valence-corrected chi connectivity index (χ2v) is 6.92. The quantitative estimate of drug-likeness (QED) is 0.784. The first-order valence-electron chi connectivity index (χ1n) is 5.07. The van der Waals surface area contributed by atoms with Crippen molar-refractivity contribution in [3.63, 3.8) is 0 Å². The molecule has 1 aromatic rings. The van der Waals surface area contributed by atoms with E-state index in [9.17, 15) is 8.42 Å². The van der Waals surface area contributed by atoms with Crippen molar-refractivity contribution in [2.45, 2.75) is 5.88 Å². The molecule has 0 aliphatic heterocycles. The Morgan fingerprint density at radius 3 is 2.53 bits per heavy atom. The van der Waals surface area contributed by atoms with E-state index in [0.717, 1.165) is 11.3 Å². The molecule has 0 saturated carbocycles. The van der Waals surface area contributed by atoms with Crippen LogP contribution in [0.1, 0.15) is 5.56 Å². The lowest BCUT2D eigenvalue weighted by molar-refractivity contribution is 0.601. The van der Waals surface area contributed by atoms with Gasteiger partial charge in [-0.2, -0.15) is 0 Å². The van der Waals surface area contributed by atoms with Gasteiger partial charge in [0, 0.05) is 36.4 Å². The van der Waals surface area contributed by atoms with Crippen LogP contribution in [0, 0.1) is 0 Å². The van der Waals surface area contributed by atoms with Crippen molar-refractivity contribution in [2.24, 2.45) is 0 Å². The highest BCUT2D eigenvalue weighted by atomic mass is 35.5. The number of anilines is 1. The van der Waals surface area contributed by atoms with E-state index in [2.05, 4.69) is 0 Å². The first kappa shape index (κ1) is 14.6. The number of sulfone groups is 1. The Hall–Kier alpha value is -0.450. The van der Waals surface area contributed by atoms with Crippen LogP contribution in [0.25, 0.3) is 0 Å². The Kier molecular flexibility index (Phi) is 5.10. The highest BCUT2D eigenvalue weighted by Gasteiger charge is 2.10. The number of halogens is 2.